The molecule has 9 aromatic carbocycles. The summed E-state index contributed by atoms with van der Waals surface area (Å²) < 4.78 is 6.50. The molecule has 0 fully saturated rings. The lowest BCUT2D eigenvalue weighted by Gasteiger charge is -2.28. The van der Waals surface area contributed by atoms with E-state index in [0.29, 0.717) is 5.89 Å². The summed E-state index contributed by atoms with van der Waals surface area (Å²) >= 11 is 0. The molecule has 10 rings (SSSR count). The van der Waals surface area contributed by atoms with Crippen molar-refractivity contribution in [3.8, 4) is 44.8 Å². The van der Waals surface area contributed by atoms with Crippen LogP contribution in [-0.4, -0.2) is 4.98 Å². The molecule has 10 aromatic rings. The van der Waals surface area contributed by atoms with Gasteiger partial charge in [-0.05, 0) is 93.0 Å². The van der Waals surface area contributed by atoms with E-state index in [1.165, 1.54) is 22.3 Å². The quantitative estimate of drug-likeness (QED) is 0.167. The van der Waals surface area contributed by atoms with Crippen molar-refractivity contribution in [1.82, 2.24) is 4.98 Å². The summed E-state index contributed by atoms with van der Waals surface area (Å²) in [7, 11) is 0. The molecule has 0 spiro atoms. The molecule has 0 aliphatic carbocycles. The summed E-state index contributed by atoms with van der Waals surface area (Å²) in [5.74, 6) is 0.626. The van der Waals surface area contributed by atoms with E-state index in [1.807, 2.05) is 30.3 Å². The summed E-state index contributed by atoms with van der Waals surface area (Å²) in [6.07, 6.45) is 0. The lowest BCUT2D eigenvalue weighted by atomic mass is 9.96. The molecule has 0 aliphatic heterocycles. The number of benzene rings is 9. The third kappa shape index (κ3) is 5.69. The van der Waals surface area contributed by atoms with Gasteiger partial charge in [0.2, 0.25) is 5.89 Å². The molecule has 0 atom stereocenters. The molecule has 0 bridgehead atoms. The second-order valence-electron chi connectivity index (χ2n) is 13.6. The van der Waals surface area contributed by atoms with E-state index in [9.17, 15) is 0 Å². The van der Waals surface area contributed by atoms with Gasteiger partial charge in [0, 0.05) is 33.5 Å². The van der Waals surface area contributed by atoms with Crippen LogP contribution in [0.4, 0.5) is 17.1 Å². The molecule has 54 heavy (non-hydrogen) atoms. The third-order valence-electron chi connectivity index (χ3n) is 10.3. The molecule has 1 heterocycles. The molecule has 3 heteroatoms. The maximum Gasteiger partial charge on any atom is 0.227 e. The zero-order chi connectivity index (χ0) is 35.8. The van der Waals surface area contributed by atoms with Gasteiger partial charge in [0.15, 0.2) is 5.58 Å². The van der Waals surface area contributed by atoms with E-state index in [-0.39, 0.29) is 0 Å². The molecule has 0 radical (unpaired) electrons. The van der Waals surface area contributed by atoms with Crippen LogP contribution in [0.25, 0.3) is 77.5 Å². The lowest BCUT2D eigenvalue weighted by Crippen LogP contribution is -2.11. The van der Waals surface area contributed by atoms with Gasteiger partial charge < -0.3 is 9.32 Å². The predicted molar refractivity (Wildman–Crippen MR) is 225 cm³/mol. The molecule has 3 nitrogen and oxygen atoms in total. The van der Waals surface area contributed by atoms with Crippen molar-refractivity contribution in [2.24, 2.45) is 0 Å². The molecular weight excluding hydrogens is 657 g/mol. The summed E-state index contributed by atoms with van der Waals surface area (Å²) in [4.78, 5) is 7.45. The van der Waals surface area contributed by atoms with Crippen molar-refractivity contribution in [2.75, 3.05) is 4.90 Å². The first-order chi connectivity index (χ1) is 26.8. The minimum absolute atomic E-state index is 0.626. The summed E-state index contributed by atoms with van der Waals surface area (Å²) in [5, 5.41) is 4.49. The predicted octanol–water partition coefficient (Wildman–Crippen LogP) is 14.3. The number of nitrogens with zero attached hydrogens (tertiary/aromatic N) is 2. The van der Waals surface area contributed by atoms with Crippen LogP contribution in [0.1, 0.15) is 0 Å². The Balaban J connectivity index is 1.10. The van der Waals surface area contributed by atoms with Crippen LogP contribution in [-0.2, 0) is 0 Å². The van der Waals surface area contributed by atoms with E-state index < -0.39 is 0 Å². The summed E-state index contributed by atoms with van der Waals surface area (Å²) in [6.45, 7) is 0. The standard InChI is InChI=1S/C51H34N2O/c1-4-14-35(15-5-1)36-26-29-43(30-27-36)53(48-23-13-12-21-45(48)37-16-6-2-7-17-37)44-31-28-39-32-42(25-24-40(39)33-44)47-34-41-20-10-11-22-46(41)50-49(47)52-51(54-50)38-18-8-3-9-19-38/h1-34H. The second kappa shape index (κ2) is 13.4. The highest BCUT2D eigenvalue weighted by Gasteiger charge is 2.19. The average Bonchev–Trinajstić information content (AvgIpc) is 3.71. The molecule has 0 saturated carbocycles. The average molecular weight is 691 g/mol. The Morgan fingerprint density at radius 3 is 1.72 bits per heavy atom. The zero-order valence-electron chi connectivity index (χ0n) is 29.4. The number of fused-ring (bicyclic) bond motifs is 4. The van der Waals surface area contributed by atoms with E-state index in [1.54, 1.807) is 0 Å². The van der Waals surface area contributed by atoms with Gasteiger partial charge in [0.05, 0.1) is 5.69 Å². The molecule has 0 N–H and O–H groups in total. The van der Waals surface area contributed by atoms with Gasteiger partial charge in [-0.2, -0.15) is 0 Å². The van der Waals surface area contributed by atoms with Crippen LogP contribution in [0.15, 0.2) is 211 Å². The second-order valence-corrected chi connectivity index (χ2v) is 13.6. The van der Waals surface area contributed by atoms with Crippen LogP contribution in [0.2, 0.25) is 0 Å². The normalized spacial score (nSPS) is 11.3. The van der Waals surface area contributed by atoms with Crippen molar-refractivity contribution < 1.29 is 4.42 Å². The molecule has 0 unspecified atom stereocenters. The van der Waals surface area contributed by atoms with Gasteiger partial charge in [-0.25, -0.2) is 4.98 Å². The maximum absolute atomic E-state index is 6.50. The minimum atomic E-state index is 0.626. The van der Waals surface area contributed by atoms with E-state index in [2.05, 4.69) is 181 Å². The fourth-order valence-corrected chi connectivity index (χ4v) is 7.59. The highest BCUT2D eigenvalue weighted by atomic mass is 16.3. The fraction of sp³-hybridized carbons (Fsp3) is 0. The van der Waals surface area contributed by atoms with Gasteiger partial charge in [0.1, 0.15) is 5.52 Å². The van der Waals surface area contributed by atoms with Crippen LogP contribution in [0, 0.1) is 0 Å². The van der Waals surface area contributed by atoms with Crippen LogP contribution < -0.4 is 4.90 Å². The maximum atomic E-state index is 6.50. The molecule has 254 valence electrons. The molecular formula is C51H34N2O. The number of rotatable bonds is 7. The number of oxazole rings is 1. The third-order valence-corrected chi connectivity index (χ3v) is 10.3. The van der Waals surface area contributed by atoms with Crippen molar-refractivity contribution >= 4 is 49.7 Å². The Kier molecular flexibility index (Phi) is 7.81. The Morgan fingerprint density at radius 2 is 0.944 bits per heavy atom. The Bertz CT molecular complexity index is 2920. The van der Waals surface area contributed by atoms with Gasteiger partial charge in [-0.1, -0.05) is 152 Å². The monoisotopic (exact) mass is 690 g/mol. The lowest BCUT2D eigenvalue weighted by molar-refractivity contribution is 0.623. The zero-order valence-corrected chi connectivity index (χ0v) is 29.4. The van der Waals surface area contributed by atoms with Crippen molar-refractivity contribution in [3.05, 3.63) is 206 Å². The number of para-hydroxylation sites is 1. The molecule has 0 saturated heterocycles. The van der Waals surface area contributed by atoms with Gasteiger partial charge in [0.25, 0.3) is 0 Å². The number of aromatic nitrogens is 1. The highest BCUT2D eigenvalue weighted by Crippen LogP contribution is 2.43. The van der Waals surface area contributed by atoms with Crippen LogP contribution in [0.5, 0.6) is 0 Å². The summed E-state index contributed by atoms with van der Waals surface area (Å²) in [5.41, 5.74) is 12.8. The van der Waals surface area contributed by atoms with Crippen LogP contribution >= 0.6 is 0 Å². The van der Waals surface area contributed by atoms with Crippen molar-refractivity contribution in [2.45, 2.75) is 0 Å². The topological polar surface area (TPSA) is 29.3 Å². The van der Waals surface area contributed by atoms with E-state index in [0.717, 1.165) is 66.4 Å². The summed E-state index contributed by atoms with van der Waals surface area (Å²) in [6, 6.07) is 72.9. The first-order valence-electron chi connectivity index (χ1n) is 18.3. The first-order valence-corrected chi connectivity index (χ1v) is 18.3. The van der Waals surface area contributed by atoms with Crippen LogP contribution in [0.3, 0.4) is 0 Å². The van der Waals surface area contributed by atoms with Gasteiger partial charge in [-0.3, -0.25) is 0 Å². The Hall–Kier alpha value is -7.23. The smallest absolute Gasteiger partial charge is 0.227 e. The van der Waals surface area contributed by atoms with Crippen molar-refractivity contribution in [3.63, 3.8) is 0 Å². The Labute approximate surface area is 314 Å². The largest absolute Gasteiger partial charge is 0.435 e. The SMILES string of the molecule is c1ccc(-c2ccc(N(c3ccc4cc(-c5cc6ccccc6c6oc(-c7ccccc7)nc56)ccc4c3)c3ccccc3-c3ccccc3)cc2)cc1. The molecule has 1 aromatic heterocycles. The first kappa shape index (κ1) is 31.5. The molecule has 0 amide bonds. The van der Waals surface area contributed by atoms with E-state index in [4.69, 9.17) is 9.40 Å². The number of hydrogen-bond acceptors (Lipinski definition) is 3. The number of anilines is 3. The fourth-order valence-electron chi connectivity index (χ4n) is 7.59. The van der Waals surface area contributed by atoms with Crippen molar-refractivity contribution in [1.29, 1.82) is 0 Å². The minimum Gasteiger partial charge on any atom is -0.435 e. The van der Waals surface area contributed by atoms with E-state index >= 15 is 0 Å². The Morgan fingerprint density at radius 1 is 0.370 bits per heavy atom. The van der Waals surface area contributed by atoms with Gasteiger partial charge in [-0.15, -0.1) is 0 Å². The molecule has 0 aliphatic rings. The van der Waals surface area contributed by atoms with Gasteiger partial charge >= 0.3 is 0 Å². The highest BCUT2D eigenvalue weighted by molar-refractivity contribution is 6.11. The number of hydrogen-bond donors (Lipinski definition) is 0.